The summed E-state index contributed by atoms with van der Waals surface area (Å²) in [7, 11) is 0. The van der Waals surface area contributed by atoms with Crippen molar-refractivity contribution in [3.8, 4) is 0 Å². The predicted octanol–water partition coefficient (Wildman–Crippen LogP) is 5.35. The van der Waals surface area contributed by atoms with Crippen LogP contribution < -0.4 is 0 Å². The molecule has 0 heterocycles. The van der Waals surface area contributed by atoms with Crippen LogP contribution in [0.15, 0.2) is 24.3 Å². The summed E-state index contributed by atoms with van der Waals surface area (Å²) in [6.07, 6.45) is 6.72. The average Bonchev–Trinajstić information content (AvgIpc) is 2.38. The molecule has 1 nitrogen and oxygen atoms in total. The number of carbonyl (C=O) groups excluding carboxylic acids is 1. The highest BCUT2D eigenvalue weighted by molar-refractivity contribution is 5.96. The van der Waals surface area contributed by atoms with Gasteiger partial charge in [-0.25, -0.2) is 0 Å². The lowest BCUT2D eigenvalue weighted by atomic mass is 9.98. The summed E-state index contributed by atoms with van der Waals surface area (Å²) in [5, 5.41) is 0. The monoisotopic (exact) mass is 246 g/mol. The van der Waals surface area contributed by atoms with Crippen LogP contribution in [-0.2, 0) is 0 Å². The zero-order chi connectivity index (χ0) is 13.4. The second kappa shape index (κ2) is 8.07. The third-order valence-electron chi connectivity index (χ3n) is 3.41. The second-order valence-corrected chi connectivity index (χ2v) is 5.36. The van der Waals surface area contributed by atoms with Gasteiger partial charge in [0, 0.05) is 12.0 Å². The molecule has 0 N–H and O–H groups in total. The highest BCUT2D eigenvalue weighted by atomic mass is 16.1. The Kier molecular flexibility index (Phi) is 6.70. The number of Topliss-reactive ketones (excluding diaryl/α,β-unsaturated/α-hetero) is 1. The Morgan fingerprint density at radius 1 is 1.00 bits per heavy atom. The van der Waals surface area contributed by atoms with Crippen molar-refractivity contribution in [1.82, 2.24) is 0 Å². The zero-order valence-corrected chi connectivity index (χ0v) is 12.0. The van der Waals surface area contributed by atoms with Crippen molar-refractivity contribution < 1.29 is 4.79 Å². The first-order valence-electron chi connectivity index (χ1n) is 7.28. The Morgan fingerprint density at radius 2 is 1.61 bits per heavy atom. The van der Waals surface area contributed by atoms with Gasteiger partial charge in [-0.2, -0.15) is 0 Å². The number of carbonyl (C=O) groups is 1. The van der Waals surface area contributed by atoms with Crippen molar-refractivity contribution in [2.75, 3.05) is 0 Å². The Hall–Kier alpha value is -1.11. The van der Waals surface area contributed by atoms with E-state index in [1.54, 1.807) is 0 Å². The van der Waals surface area contributed by atoms with Gasteiger partial charge in [0.2, 0.25) is 0 Å². The van der Waals surface area contributed by atoms with Crippen molar-refractivity contribution in [2.24, 2.45) is 0 Å². The van der Waals surface area contributed by atoms with Gasteiger partial charge in [-0.1, -0.05) is 70.7 Å². The number of ketones is 1. The molecule has 1 heteroatoms. The van der Waals surface area contributed by atoms with E-state index in [1.807, 2.05) is 12.1 Å². The van der Waals surface area contributed by atoms with Crippen molar-refractivity contribution in [1.29, 1.82) is 0 Å². The number of hydrogen-bond acceptors (Lipinski definition) is 1. The van der Waals surface area contributed by atoms with E-state index in [9.17, 15) is 4.79 Å². The van der Waals surface area contributed by atoms with Crippen LogP contribution in [0.1, 0.15) is 81.1 Å². The summed E-state index contributed by atoms with van der Waals surface area (Å²) < 4.78 is 0. The van der Waals surface area contributed by atoms with E-state index in [1.165, 1.54) is 31.2 Å². The molecule has 0 aliphatic carbocycles. The minimum Gasteiger partial charge on any atom is -0.294 e. The standard InChI is InChI=1S/C17H26O/c1-4-5-6-7-8-9-17(18)16-12-10-15(11-13-16)14(2)3/h10-14H,4-9H2,1-3H3. The van der Waals surface area contributed by atoms with Gasteiger partial charge in [0.05, 0.1) is 0 Å². The lowest BCUT2D eigenvalue weighted by Gasteiger charge is -2.06. The fourth-order valence-electron chi connectivity index (χ4n) is 2.09. The summed E-state index contributed by atoms with van der Waals surface area (Å²) in [6.45, 7) is 6.55. The Morgan fingerprint density at radius 3 is 2.17 bits per heavy atom. The fourth-order valence-corrected chi connectivity index (χ4v) is 2.09. The smallest absolute Gasteiger partial charge is 0.162 e. The Bertz CT molecular complexity index is 348. The lowest BCUT2D eigenvalue weighted by molar-refractivity contribution is 0.0979. The maximum Gasteiger partial charge on any atom is 0.162 e. The van der Waals surface area contributed by atoms with Gasteiger partial charge in [0.1, 0.15) is 0 Å². The molecule has 0 aliphatic rings. The number of benzene rings is 1. The molecule has 0 radical (unpaired) electrons. The first-order valence-corrected chi connectivity index (χ1v) is 7.28. The first-order chi connectivity index (χ1) is 8.65. The van der Waals surface area contributed by atoms with Crippen LogP contribution in [0, 0.1) is 0 Å². The molecule has 0 spiro atoms. The van der Waals surface area contributed by atoms with Crippen molar-refractivity contribution >= 4 is 5.78 Å². The minimum absolute atomic E-state index is 0.293. The molecule has 1 rings (SSSR count). The molecule has 0 aliphatic heterocycles. The van der Waals surface area contributed by atoms with Gasteiger partial charge >= 0.3 is 0 Å². The normalized spacial score (nSPS) is 10.9. The molecule has 0 aromatic heterocycles. The highest BCUT2D eigenvalue weighted by Gasteiger charge is 2.06. The molecule has 0 fully saturated rings. The largest absolute Gasteiger partial charge is 0.294 e. The SMILES string of the molecule is CCCCCCCC(=O)c1ccc(C(C)C)cc1. The van der Waals surface area contributed by atoms with Crippen LogP contribution >= 0.6 is 0 Å². The average molecular weight is 246 g/mol. The van der Waals surface area contributed by atoms with E-state index >= 15 is 0 Å². The van der Waals surface area contributed by atoms with E-state index in [0.29, 0.717) is 18.1 Å². The topological polar surface area (TPSA) is 17.1 Å². The maximum atomic E-state index is 12.0. The Balaban J connectivity index is 2.37. The summed E-state index contributed by atoms with van der Waals surface area (Å²) in [5.74, 6) is 0.824. The lowest BCUT2D eigenvalue weighted by Crippen LogP contribution is -1.99. The molecule has 1 aromatic rings. The maximum absolute atomic E-state index is 12.0. The summed E-state index contributed by atoms with van der Waals surface area (Å²) >= 11 is 0. The molecular formula is C17H26O. The molecule has 0 unspecified atom stereocenters. The third-order valence-corrected chi connectivity index (χ3v) is 3.41. The van der Waals surface area contributed by atoms with E-state index in [4.69, 9.17) is 0 Å². The summed E-state index contributed by atoms with van der Waals surface area (Å²) in [5.41, 5.74) is 2.17. The van der Waals surface area contributed by atoms with Gasteiger partial charge < -0.3 is 0 Å². The predicted molar refractivity (Wildman–Crippen MR) is 78.2 cm³/mol. The van der Waals surface area contributed by atoms with Gasteiger partial charge in [0.15, 0.2) is 5.78 Å². The molecule has 0 bridgehead atoms. The molecule has 100 valence electrons. The molecule has 0 saturated heterocycles. The summed E-state index contributed by atoms with van der Waals surface area (Å²) in [6, 6.07) is 8.11. The third kappa shape index (κ3) is 5.03. The molecular weight excluding hydrogens is 220 g/mol. The number of unbranched alkanes of at least 4 members (excludes halogenated alkanes) is 4. The van der Waals surface area contributed by atoms with E-state index < -0.39 is 0 Å². The number of rotatable bonds is 8. The van der Waals surface area contributed by atoms with Gasteiger partial charge in [0.25, 0.3) is 0 Å². The van der Waals surface area contributed by atoms with Crippen LogP contribution in [-0.4, -0.2) is 5.78 Å². The van der Waals surface area contributed by atoms with Gasteiger partial charge in [-0.05, 0) is 17.9 Å². The second-order valence-electron chi connectivity index (χ2n) is 5.36. The first kappa shape index (κ1) is 14.9. The molecule has 18 heavy (non-hydrogen) atoms. The number of hydrogen-bond donors (Lipinski definition) is 0. The van der Waals surface area contributed by atoms with Crippen LogP contribution in [0.5, 0.6) is 0 Å². The molecule has 0 saturated carbocycles. The van der Waals surface area contributed by atoms with E-state index in [-0.39, 0.29) is 0 Å². The zero-order valence-electron chi connectivity index (χ0n) is 12.0. The van der Waals surface area contributed by atoms with Gasteiger partial charge in [-0.3, -0.25) is 4.79 Å². The van der Waals surface area contributed by atoms with E-state index in [0.717, 1.165) is 12.0 Å². The highest BCUT2D eigenvalue weighted by Crippen LogP contribution is 2.16. The van der Waals surface area contributed by atoms with E-state index in [2.05, 4.69) is 32.9 Å². The van der Waals surface area contributed by atoms with Crippen LogP contribution in [0.2, 0.25) is 0 Å². The quantitative estimate of drug-likeness (QED) is 0.446. The molecule has 0 atom stereocenters. The van der Waals surface area contributed by atoms with Crippen molar-refractivity contribution in [2.45, 2.75) is 65.2 Å². The van der Waals surface area contributed by atoms with Crippen molar-refractivity contribution in [3.05, 3.63) is 35.4 Å². The fraction of sp³-hybridized carbons (Fsp3) is 0.588. The van der Waals surface area contributed by atoms with Crippen molar-refractivity contribution in [3.63, 3.8) is 0 Å². The van der Waals surface area contributed by atoms with Crippen LogP contribution in [0.4, 0.5) is 0 Å². The molecule has 1 aromatic carbocycles. The summed E-state index contributed by atoms with van der Waals surface area (Å²) in [4.78, 5) is 12.0. The molecule has 0 amide bonds. The van der Waals surface area contributed by atoms with Gasteiger partial charge in [-0.15, -0.1) is 0 Å². The van der Waals surface area contributed by atoms with Crippen LogP contribution in [0.3, 0.4) is 0 Å². The van der Waals surface area contributed by atoms with Crippen LogP contribution in [0.25, 0.3) is 0 Å². The Labute approximate surface area is 112 Å². The minimum atomic E-state index is 0.293.